The number of anilines is 1. The molecule has 0 aliphatic carbocycles. The van der Waals surface area contributed by atoms with Crippen LogP contribution < -0.4 is 16.2 Å². The van der Waals surface area contributed by atoms with E-state index in [1.807, 2.05) is 13.8 Å². The van der Waals surface area contributed by atoms with E-state index in [-0.39, 0.29) is 16.6 Å². The van der Waals surface area contributed by atoms with Gasteiger partial charge in [0.15, 0.2) is 0 Å². The van der Waals surface area contributed by atoms with Crippen molar-refractivity contribution in [3.05, 3.63) is 21.6 Å². The minimum Gasteiger partial charge on any atom is -0.378 e. The van der Waals surface area contributed by atoms with Crippen LogP contribution in [0.2, 0.25) is 5.02 Å². The van der Waals surface area contributed by atoms with Gasteiger partial charge in [-0.2, -0.15) is 5.10 Å². The maximum Gasteiger partial charge on any atom is 0.287 e. The largest absolute Gasteiger partial charge is 0.378 e. The number of hydrogen-bond donors (Lipinski definition) is 2. The van der Waals surface area contributed by atoms with Crippen molar-refractivity contribution in [1.29, 1.82) is 0 Å². The molecule has 2 rings (SSSR count). The number of halogens is 1. The highest BCUT2D eigenvalue weighted by atomic mass is 35.5. The molecule has 0 radical (unpaired) electrons. The SMILES string of the molecule is CC(C)n1ncc(NC2CCCNC2)c(Cl)c1=O. The van der Waals surface area contributed by atoms with Gasteiger partial charge >= 0.3 is 0 Å². The van der Waals surface area contributed by atoms with Crippen molar-refractivity contribution < 1.29 is 0 Å². The molecule has 5 nitrogen and oxygen atoms in total. The molecule has 1 fully saturated rings. The molecule has 1 aromatic rings. The van der Waals surface area contributed by atoms with E-state index in [2.05, 4.69) is 15.7 Å². The fraction of sp³-hybridized carbons (Fsp3) is 0.667. The molecule has 2 heterocycles. The number of nitrogens with one attached hydrogen (secondary N) is 2. The van der Waals surface area contributed by atoms with Crippen molar-refractivity contribution in [3.63, 3.8) is 0 Å². The Morgan fingerprint density at radius 3 is 3.00 bits per heavy atom. The molecule has 1 saturated heterocycles. The van der Waals surface area contributed by atoms with E-state index in [4.69, 9.17) is 11.6 Å². The second kappa shape index (κ2) is 5.71. The van der Waals surface area contributed by atoms with E-state index in [0.717, 1.165) is 25.9 Å². The highest BCUT2D eigenvalue weighted by Crippen LogP contribution is 2.19. The summed E-state index contributed by atoms with van der Waals surface area (Å²) in [7, 11) is 0. The summed E-state index contributed by atoms with van der Waals surface area (Å²) in [6.07, 6.45) is 3.85. The molecule has 1 aliphatic rings. The molecule has 0 spiro atoms. The lowest BCUT2D eigenvalue weighted by Crippen LogP contribution is -2.39. The zero-order valence-corrected chi connectivity index (χ0v) is 11.5. The van der Waals surface area contributed by atoms with Crippen molar-refractivity contribution in [2.45, 2.75) is 38.8 Å². The Bertz CT molecular complexity index is 466. The van der Waals surface area contributed by atoms with Gasteiger partial charge in [0.2, 0.25) is 0 Å². The van der Waals surface area contributed by atoms with E-state index in [1.54, 1.807) is 6.20 Å². The second-order valence-corrected chi connectivity index (χ2v) is 5.28. The maximum atomic E-state index is 12.0. The first-order valence-corrected chi connectivity index (χ1v) is 6.72. The predicted molar refractivity (Wildman–Crippen MR) is 73.4 cm³/mol. The fourth-order valence-electron chi connectivity index (χ4n) is 2.11. The molecular formula is C12H19ClN4O. The van der Waals surface area contributed by atoms with Gasteiger partial charge in [-0.3, -0.25) is 4.79 Å². The monoisotopic (exact) mass is 270 g/mol. The molecule has 18 heavy (non-hydrogen) atoms. The normalized spacial score (nSPS) is 20.1. The van der Waals surface area contributed by atoms with Gasteiger partial charge in [0.1, 0.15) is 5.02 Å². The molecule has 1 aromatic heterocycles. The van der Waals surface area contributed by atoms with Gasteiger partial charge in [0.25, 0.3) is 5.56 Å². The first-order chi connectivity index (χ1) is 8.59. The molecule has 100 valence electrons. The third-order valence-corrected chi connectivity index (χ3v) is 3.45. The van der Waals surface area contributed by atoms with Crippen LogP contribution in [-0.2, 0) is 0 Å². The first-order valence-electron chi connectivity index (χ1n) is 6.34. The number of aromatic nitrogens is 2. The maximum absolute atomic E-state index is 12.0. The zero-order chi connectivity index (χ0) is 13.1. The summed E-state index contributed by atoms with van der Waals surface area (Å²) in [6, 6.07) is 0.327. The number of hydrogen-bond acceptors (Lipinski definition) is 4. The lowest BCUT2D eigenvalue weighted by molar-refractivity contribution is 0.477. The van der Waals surface area contributed by atoms with Gasteiger partial charge in [-0.25, -0.2) is 4.68 Å². The van der Waals surface area contributed by atoms with Crippen LogP contribution in [0, 0.1) is 0 Å². The van der Waals surface area contributed by atoms with Crippen LogP contribution in [0.5, 0.6) is 0 Å². The minimum atomic E-state index is -0.236. The van der Waals surface area contributed by atoms with Crippen LogP contribution >= 0.6 is 11.6 Å². The molecule has 0 aromatic carbocycles. The summed E-state index contributed by atoms with van der Waals surface area (Å²) in [4.78, 5) is 12.0. The molecular weight excluding hydrogens is 252 g/mol. The molecule has 1 atom stereocenters. The second-order valence-electron chi connectivity index (χ2n) is 4.90. The fourth-order valence-corrected chi connectivity index (χ4v) is 2.30. The number of nitrogens with zero attached hydrogens (tertiary/aromatic N) is 2. The van der Waals surface area contributed by atoms with Gasteiger partial charge in [-0.15, -0.1) is 0 Å². The molecule has 0 amide bonds. The van der Waals surface area contributed by atoms with Gasteiger partial charge in [-0.1, -0.05) is 11.6 Å². The van der Waals surface area contributed by atoms with Gasteiger partial charge in [0.05, 0.1) is 17.9 Å². The topological polar surface area (TPSA) is 59.0 Å². The van der Waals surface area contributed by atoms with Crippen LogP contribution in [0.3, 0.4) is 0 Å². The standard InChI is InChI=1S/C12H19ClN4O/c1-8(2)17-12(18)11(13)10(7-15-17)16-9-4-3-5-14-6-9/h7-9,14,16H,3-6H2,1-2H3. The Labute approximate surface area is 112 Å². The van der Waals surface area contributed by atoms with Crippen LogP contribution in [0.4, 0.5) is 5.69 Å². The summed E-state index contributed by atoms with van der Waals surface area (Å²) in [5.41, 5.74) is 0.396. The summed E-state index contributed by atoms with van der Waals surface area (Å²) >= 11 is 6.11. The Kier molecular flexibility index (Phi) is 4.24. The van der Waals surface area contributed by atoms with Crippen LogP contribution in [0.1, 0.15) is 32.7 Å². The van der Waals surface area contributed by atoms with Gasteiger partial charge in [0, 0.05) is 12.6 Å². The minimum absolute atomic E-state index is 0.0143. The molecule has 0 saturated carbocycles. The highest BCUT2D eigenvalue weighted by molar-refractivity contribution is 6.32. The summed E-state index contributed by atoms with van der Waals surface area (Å²) in [5.74, 6) is 0. The summed E-state index contributed by atoms with van der Waals surface area (Å²) < 4.78 is 1.40. The van der Waals surface area contributed by atoms with E-state index >= 15 is 0 Å². The lowest BCUT2D eigenvalue weighted by Gasteiger charge is -2.25. The Balaban J connectivity index is 2.19. The van der Waals surface area contributed by atoms with Gasteiger partial charge in [-0.05, 0) is 33.2 Å². The van der Waals surface area contributed by atoms with Gasteiger partial charge < -0.3 is 10.6 Å². The van der Waals surface area contributed by atoms with E-state index in [0.29, 0.717) is 11.7 Å². The third kappa shape index (κ3) is 2.84. The van der Waals surface area contributed by atoms with Crippen LogP contribution in [0.25, 0.3) is 0 Å². The first kappa shape index (κ1) is 13.4. The van der Waals surface area contributed by atoms with Crippen molar-refractivity contribution >= 4 is 17.3 Å². The average molecular weight is 271 g/mol. The van der Waals surface area contributed by atoms with Crippen LogP contribution in [-0.4, -0.2) is 28.9 Å². The van der Waals surface area contributed by atoms with Crippen molar-refractivity contribution in [2.75, 3.05) is 18.4 Å². The highest BCUT2D eigenvalue weighted by Gasteiger charge is 2.16. The van der Waals surface area contributed by atoms with E-state index in [1.165, 1.54) is 4.68 Å². The lowest BCUT2D eigenvalue weighted by atomic mass is 10.1. The Morgan fingerprint density at radius 1 is 1.61 bits per heavy atom. The quantitative estimate of drug-likeness (QED) is 0.877. The summed E-state index contributed by atoms with van der Waals surface area (Å²) in [6.45, 7) is 5.76. The van der Waals surface area contributed by atoms with Crippen molar-refractivity contribution in [3.8, 4) is 0 Å². The molecule has 1 aliphatic heterocycles. The smallest absolute Gasteiger partial charge is 0.287 e. The number of piperidine rings is 1. The van der Waals surface area contributed by atoms with E-state index < -0.39 is 0 Å². The van der Waals surface area contributed by atoms with Crippen molar-refractivity contribution in [2.24, 2.45) is 0 Å². The third-order valence-electron chi connectivity index (χ3n) is 3.09. The van der Waals surface area contributed by atoms with Crippen molar-refractivity contribution in [1.82, 2.24) is 15.1 Å². The van der Waals surface area contributed by atoms with E-state index in [9.17, 15) is 4.79 Å². The molecule has 6 heteroatoms. The number of rotatable bonds is 3. The Morgan fingerprint density at radius 2 is 2.39 bits per heavy atom. The molecule has 1 unspecified atom stereocenters. The zero-order valence-electron chi connectivity index (χ0n) is 10.7. The molecule has 0 bridgehead atoms. The molecule has 2 N–H and O–H groups in total. The Hall–Kier alpha value is -1.07. The predicted octanol–water partition coefficient (Wildman–Crippen LogP) is 1.64. The van der Waals surface area contributed by atoms with Crippen LogP contribution in [0.15, 0.2) is 11.0 Å². The summed E-state index contributed by atoms with van der Waals surface area (Å²) in [5, 5.41) is 11.0. The average Bonchev–Trinajstić information content (AvgIpc) is 2.36.